The van der Waals surface area contributed by atoms with Gasteiger partial charge in [-0.25, -0.2) is 0 Å². The van der Waals surface area contributed by atoms with Gasteiger partial charge in [0.2, 0.25) is 17.7 Å². The number of nitrogens with one attached hydrogen (secondary N) is 2. The summed E-state index contributed by atoms with van der Waals surface area (Å²) in [4.78, 5) is 107. The van der Waals surface area contributed by atoms with Crippen LogP contribution in [0.15, 0.2) is 0 Å². The van der Waals surface area contributed by atoms with Gasteiger partial charge in [-0.15, -0.1) is 0 Å². The van der Waals surface area contributed by atoms with Crippen LogP contribution in [0.3, 0.4) is 0 Å². The van der Waals surface area contributed by atoms with Crippen LogP contribution < -0.4 is 10.6 Å². The molecule has 31 nitrogen and oxygen atoms in total. The molecule has 4 heterocycles. The van der Waals surface area contributed by atoms with Crippen molar-refractivity contribution >= 4 is 46.6 Å². The Hall–Kier alpha value is -4.04. The zero-order chi connectivity index (χ0) is 77.3. The zero-order valence-electron chi connectivity index (χ0n) is 62.9. The third-order valence-corrected chi connectivity index (χ3v) is 19.7. The maximum atomic E-state index is 14.1. The van der Waals surface area contributed by atoms with Crippen molar-refractivity contribution in [3.05, 3.63) is 0 Å². The van der Waals surface area contributed by atoms with Crippen molar-refractivity contribution in [2.75, 3.05) is 99.0 Å². The molecule has 4 aliphatic rings. The summed E-state index contributed by atoms with van der Waals surface area (Å²) in [6.07, 6.45) is -3.45. The topological polar surface area (TPSA) is 458 Å². The van der Waals surface area contributed by atoms with E-state index < -0.39 is 147 Å². The van der Waals surface area contributed by atoms with Gasteiger partial charge in [-0.05, 0) is 97.3 Å². The first kappa shape index (κ1) is 93.3. The van der Waals surface area contributed by atoms with E-state index in [1.165, 1.54) is 4.90 Å². The van der Waals surface area contributed by atoms with Crippen molar-refractivity contribution < 1.29 is 137 Å². The Morgan fingerprint density at radius 1 is 0.438 bits per heavy atom. The van der Waals surface area contributed by atoms with Crippen LogP contribution in [0.5, 0.6) is 0 Å². The Morgan fingerprint density at radius 3 is 1.14 bits per heavy atom. The number of β-amino-alcohol motifs (C(OH)–C–C–N with tert-alkyl or cyclic N) is 1. The summed E-state index contributed by atoms with van der Waals surface area (Å²) in [7, 11) is 0. The third kappa shape index (κ3) is 35.7. The van der Waals surface area contributed by atoms with Gasteiger partial charge in [0.1, 0.15) is 77.5 Å². The molecule has 0 aliphatic carbocycles. The van der Waals surface area contributed by atoms with Crippen LogP contribution in [0.2, 0.25) is 0 Å². The van der Waals surface area contributed by atoms with Gasteiger partial charge in [0.05, 0.1) is 103 Å². The molecule has 4 rings (SSSR count). The van der Waals surface area contributed by atoms with E-state index >= 15 is 0 Å². The highest BCUT2D eigenvalue weighted by Gasteiger charge is 2.45. The number of ketones is 5. The van der Waals surface area contributed by atoms with E-state index in [1.54, 1.807) is 20.8 Å². The second-order valence-electron chi connectivity index (χ2n) is 29.2. The lowest BCUT2D eigenvalue weighted by Gasteiger charge is -2.40. The molecule has 0 spiro atoms. The lowest BCUT2D eigenvalue weighted by atomic mass is 9.92. The summed E-state index contributed by atoms with van der Waals surface area (Å²) in [5.41, 5.74) is -1.54. The molecule has 0 aromatic rings. The predicted octanol–water partition coefficient (Wildman–Crippen LogP) is 1.66. The van der Waals surface area contributed by atoms with Gasteiger partial charge < -0.3 is 114 Å². The van der Waals surface area contributed by atoms with E-state index in [4.69, 9.17) is 47.4 Å². The van der Waals surface area contributed by atoms with Crippen LogP contribution in [0, 0.1) is 17.8 Å². The minimum absolute atomic E-state index is 0.00335. The number of Topliss-reactive ketones (excluding diaryl/α,β-unsaturated/α-hetero) is 5. The van der Waals surface area contributed by atoms with Crippen LogP contribution in [0.1, 0.15) is 208 Å². The number of aliphatic hydroxyl groups is 10. The van der Waals surface area contributed by atoms with Crippen molar-refractivity contribution in [3.8, 4) is 0 Å². The van der Waals surface area contributed by atoms with Crippen LogP contribution in [0.25, 0.3) is 0 Å². The van der Waals surface area contributed by atoms with E-state index in [0.717, 1.165) is 0 Å². The van der Waals surface area contributed by atoms with E-state index in [2.05, 4.69) is 10.6 Å². The number of likely N-dealkylation sites (tertiary alicyclic amines) is 1. The first-order valence-corrected chi connectivity index (χ1v) is 38.4. The smallest absolute Gasteiger partial charge is 0.232 e. The molecule has 105 heavy (non-hydrogen) atoms. The first-order valence-electron chi connectivity index (χ1n) is 38.4. The molecule has 0 bridgehead atoms. The summed E-state index contributed by atoms with van der Waals surface area (Å²) < 4.78 is 58.2. The van der Waals surface area contributed by atoms with E-state index in [1.807, 2.05) is 13.8 Å². The molecule has 31 heteroatoms. The Balaban J connectivity index is 1.28. The molecule has 0 aromatic heterocycles. The van der Waals surface area contributed by atoms with E-state index in [0.29, 0.717) is 128 Å². The molecule has 0 radical (unpaired) electrons. The largest absolute Gasteiger partial charge is 0.394 e. The molecule has 3 amide bonds. The number of hydrogen-bond acceptors (Lipinski definition) is 28. The lowest BCUT2D eigenvalue weighted by Crippen LogP contribution is -2.59. The normalized spacial score (nSPS) is 27.6. The van der Waals surface area contributed by atoms with E-state index in [9.17, 15) is 89.4 Å². The van der Waals surface area contributed by atoms with E-state index in [-0.39, 0.29) is 159 Å². The van der Waals surface area contributed by atoms with Gasteiger partial charge in [0.15, 0.2) is 18.9 Å². The second kappa shape index (κ2) is 52.2. The van der Waals surface area contributed by atoms with Gasteiger partial charge in [0, 0.05) is 121 Å². The molecule has 4 fully saturated rings. The number of amides is 3. The van der Waals surface area contributed by atoms with Crippen molar-refractivity contribution in [1.82, 2.24) is 15.5 Å². The van der Waals surface area contributed by atoms with Crippen molar-refractivity contribution in [3.63, 3.8) is 0 Å². The average molecular weight is 1510 g/mol. The van der Waals surface area contributed by atoms with Gasteiger partial charge >= 0.3 is 0 Å². The summed E-state index contributed by atoms with van der Waals surface area (Å²) in [6.45, 7) is 7.33. The average Bonchev–Trinajstić information content (AvgIpc) is 1.50. The van der Waals surface area contributed by atoms with Gasteiger partial charge in [0.25, 0.3) is 0 Å². The van der Waals surface area contributed by atoms with Crippen molar-refractivity contribution in [2.45, 2.75) is 306 Å². The van der Waals surface area contributed by atoms with Gasteiger partial charge in [-0.1, -0.05) is 33.6 Å². The number of ether oxygens (including phenoxy) is 10. The SMILES string of the molecule is CC(C)OC[C@H]1C[C@H](O)CN1C(=O)CC(=O)NC(COCCC(=O)CCCCCC(=O)CCCCO[C@@H]1OC(CO)[C@H](O)[C@H](O)C1C)(COCCC(=O)CCCCCC(=O)CCCCO[C@@H]1OC(CO)[C@H](O)[C@H](O)C1C)COCCC(=O)NCCCCC(=O)CCCCO[C@@H]1OC(CO)[C@H](O)[C@H](O)C1C. The standard InChI is InChI=1S/C74H129N3O28/c1-48(2)102-44-52-38-58(86)40-77(52)64(89)39-63(88)76-74(45-96-35-28-56(84)22-10-6-8-20-53(81)25-13-17-32-99-71-49(3)65(90)68(93)59(41-78)103-71,46-97-36-29-57(85)23-11-7-9-21-54(82)26-14-18-33-100-72-50(4)66(91)69(94)60(42-79)104-72)47-98-37-30-62(87)75-31-16-12-24-55(83)27-15-19-34-101-73-51(5)67(92)70(95)61(43-80)105-73/h48-52,58-61,65-73,78-80,86,90-95H,6-47H2,1-5H3,(H,75,87)(H,76,88)/t49?,50?,51?,52-,58+,59?,60?,61?,65-,66-,67-,68+,69+,70+,71-,72-,73-,74?/m1/s1. The van der Waals surface area contributed by atoms with Crippen LogP contribution in [-0.4, -0.2) is 299 Å². The van der Waals surface area contributed by atoms with Crippen molar-refractivity contribution in [2.24, 2.45) is 17.8 Å². The fourth-order valence-corrected chi connectivity index (χ4v) is 12.9. The molecule has 6 unspecified atom stereocenters. The number of nitrogens with zero attached hydrogens (tertiary/aromatic N) is 1. The van der Waals surface area contributed by atoms with Gasteiger partial charge in [-0.3, -0.25) is 38.4 Å². The number of carbonyl (C=O) groups excluding carboxylic acids is 8. The number of aliphatic hydroxyl groups excluding tert-OH is 10. The molecule has 608 valence electrons. The maximum Gasteiger partial charge on any atom is 0.232 e. The Kier molecular flexibility index (Phi) is 46.4. The molecule has 4 aliphatic heterocycles. The number of carbonyl (C=O) groups is 8. The second-order valence-corrected chi connectivity index (χ2v) is 29.2. The van der Waals surface area contributed by atoms with Crippen LogP contribution >= 0.6 is 0 Å². The van der Waals surface area contributed by atoms with Crippen molar-refractivity contribution in [1.29, 1.82) is 0 Å². The fraction of sp³-hybridized carbons (Fsp3) is 0.892. The van der Waals surface area contributed by atoms with Crippen LogP contribution in [0.4, 0.5) is 0 Å². The summed E-state index contributed by atoms with van der Waals surface area (Å²) in [6, 6.07) is -0.482. The number of rotatable bonds is 59. The monoisotopic (exact) mass is 1510 g/mol. The number of hydrogen-bond donors (Lipinski definition) is 12. The third-order valence-electron chi connectivity index (χ3n) is 19.7. The highest BCUT2D eigenvalue weighted by Crippen LogP contribution is 2.30. The molecule has 0 aromatic carbocycles. The highest BCUT2D eigenvalue weighted by molar-refractivity contribution is 5.97. The fourth-order valence-electron chi connectivity index (χ4n) is 12.9. The molecular weight excluding hydrogens is 1380 g/mol. The maximum absolute atomic E-state index is 14.1. The minimum Gasteiger partial charge on any atom is -0.394 e. The lowest BCUT2D eigenvalue weighted by molar-refractivity contribution is -0.282. The zero-order valence-corrected chi connectivity index (χ0v) is 62.9. The van der Waals surface area contributed by atoms with Crippen LogP contribution in [-0.2, 0) is 85.7 Å². The molecule has 17 atom stereocenters. The highest BCUT2D eigenvalue weighted by atomic mass is 16.7. The minimum atomic E-state index is -1.54. The summed E-state index contributed by atoms with van der Waals surface area (Å²) in [5.74, 6) is -3.21. The molecular formula is C74H129N3O28. The Morgan fingerprint density at radius 2 is 0.781 bits per heavy atom. The molecule has 4 saturated heterocycles. The summed E-state index contributed by atoms with van der Waals surface area (Å²) >= 11 is 0. The molecule has 12 N–H and O–H groups in total. The number of unbranched alkanes of at least 4 members (excludes halogenated alkanes) is 8. The predicted molar refractivity (Wildman–Crippen MR) is 377 cm³/mol. The Bertz CT molecular complexity index is 2280. The summed E-state index contributed by atoms with van der Waals surface area (Å²) in [5, 5.41) is 106. The Labute approximate surface area is 619 Å². The first-order chi connectivity index (χ1) is 50.2. The van der Waals surface area contributed by atoms with Gasteiger partial charge in [-0.2, -0.15) is 0 Å². The molecule has 0 saturated carbocycles. The quantitative estimate of drug-likeness (QED) is 0.0304.